The van der Waals surface area contributed by atoms with Gasteiger partial charge in [0.15, 0.2) is 5.82 Å². The molecule has 1 amide bonds. The Hall–Kier alpha value is -5.44. The van der Waals surface area contributed by atoms with Crippen LogP contribution in [0.25, 0.3) is 32.9 Å². The number of likely N-dealkylation sites (N-methyl/N-ethyl adjacent to an activating group) is 1. The summed E-state index contributed by atoms with van der Waals surface area (Å²) in [5, 5.41) is 24.9. The molecule has 7 rings (SSSR count). The molecule has 2 N–H and O–H groups in total. The average molecular weight is 768 g/mol. The lowest BCUT2D eigenvalue weighted by Gasteiger charge is -2.45. The van der Waals surface area contributed by atoms with Crippen LogP contribution in [0.1, 0.15) is 57.4 Å². The number of carbonyl (C=O) groups excluding carboxylic acids is 1. The van der Waals surface area contributed by atoms with Crippen molar-refractivity contribution < 1.29 is 32.5 Å². The molecule has 0 radical (unpaired) electrons. The molecule has 0 unspecified atom stereocenters. The normalized spacial score (nSPS) is 21.7. The first-order valence-electron chi connectivity index (χ1n) is 18.9. The zero-order valence-electron chi connectivity index (χ0n) is 31.5. The predicted molar refractivity (Wildman–Crippen MR) is 206 cm³/mol. The van der Waals surface area contributed by atoms with E-state index in [4.69, 9.17) is 20.9 Å². The number of anilines is 1. The van der Waals surface area contributed by atoms with E-state index in [9.17, 15) is 19.6 Å². The number of hydrogen-bond acceptors (Lipinski definition) is 10. The van der Waals surface area contributed by atoms with Crippen LogP contribution in [0.4, 0.5) is 19.0 Å². The zero-order chi connectivity index (χ0) is 39.8. The molecular weight excluding hydrogens is 724 g/mol. The molecule has 1 saturated carbocycles. The molecule has 2 aromatic carbocycles. The molecule has 14 heteroatoms. The summed E-state index contributed by atoms with van der Waals surface area (Å²) in [5.41, 5.74) is -2.17. The fraction of sp³-hybridized carbons (Fsp3) is 0.452. The lowest BCUT2D eigenvalue weighted by molar-refractivity contribution is -0.129. The van der Waals surface area contributed by atoms with Crippen molar-refractivity contribution >= 4 is 33.4 Å². The Kier molecular flexibility index (Phi) is 10.8. The number of aromatic hydroxyl groups is 1. The van der Waals surface area contributed by atoms with E-state index in [0.29, 0.717) is 44.3 Å². The number of terminal acetylenes is 1. The zero-order valence-corrected chi connectivity index (χ0v) is 31.5. The summed E-state index contributed by atoms with van der Waals surface area (Å²) in [6.07, 6.45) is 11.7. The summed E-state index contributed by atoms with van der Waals surface area (Å²) in [7, 11) is 1.73. The summed E-state index contributed by atoms with van der Waals surface area (Å²) in [5.74, 6) is -0.206. The summed E-state index contributed by atoms with van der Waals surface area (Å²) in [6, 6.07) is 7.33. The molecule has 292 valence electrons. The number of nitrogens with zero attached hydrogens (tertiary/aromatic N) is 6. The van der Waals surface area contributed by atoms with Crippen LogP contribution in [0.3, 0.4) is 0 Å². The molecule has 2 aliphatic heterocycles. The van der Waals surface area contributed by atoms with Crippen molar-refractivity contribution in [2.45, 2.75) is 75.2 Å². The van der Waals surface area contributed by atoms with E-state index in [1.54, 1.807) is 18.9 Å². The van der Waals surface area contributed by atoms with Gasteiger partial charge in [-0.2, -0.15) is 15.2 Å². The van der Waals surface area contributed by atoms with E-state index >= 15 is 8.78 Å². The van der Waals surface area contributed by atoms with Crippen LogP contribution in [-0.2, 0) is 9.53 Å². The van der Waals surface area contributed by atoms with Gasteiger partial charge in [0.2, 0.25) is 5.91 Å². The molecule has 3 fully saturated rings. The third-order valence-electron chi connectivity index (χ3n) is 12.1. The van der Waals surface area contributed by atoms with E-state index in [-0.39, 0.29) is 88.8 Å². The minimum atomic E-state index is -1.20. The van der Waals surface area contributed by atoms with Crippen LogP contribution in [0.2, 0.25) is 0 Å². The number of carbonyl (C=O) groups is 1. The van der Waals surface area contributed by atoms with Gasteiger partial charge in [-0.1, -0.05) is 31.4 Å². The Morgan fingerprint density at radius 1 is 1.27 bits per heavy atom. The van der Waals surface area contributed by atoms with E-state index in [2.05, 4.69) is 33.9 Å². The van der Waals surface area contributed by atoms with Crippen LogP contribution in [0.15, 0.2) is 43.1 Å². The number of ether oxygens (including phenoxy) is 2. The first-order valence-corrected chi connectivity index (χ1v) is 18.9. The Bertz CT molecular complexity index is 2260. The SMILES string of the molecule is C#Cc1c(F)ccc2cc(O)cc(-c3ncc4c(NCC5(N(C)C(=O)C=C)CCCC5)nc(OC[C@]5([C@H](C)C#N)C[C@@H](F)CN5C5CCOCC5)nc4c3F)c12. The molecule has 4 aromatic rings. The Balaban J connectivity index is 1.35. The molecule has 3 aliphatic rings. The van der Waals surface area contributed by atoms with Crippen molar-refractivity contribution in [2.75, 3.05) is 45.3 Å². The first kappa shape index (κ1) is 38.8. The second-order valence-corrected chi connectivity index (χ2v) is 15.1. The van der Waals surface area contributed by atoms with Crippen LogP contribution < -0.4 is 10.1 Å². The largest absolute Gasteiger partial charge is 0.508 e. The van der Waals surface area contributed by atoms with Gasteiger partial charge < -0.3 is 24.8 Å². The number of likely N-dealkylation sites (tertiary alicyclic amines) is 1. The molecule has 56 heavy (non-hydrogen) atoms. The number of hydrogen-bond donors (Lipinski definition) is 2. The van der Waals surface area contributed by atoms with Crippen LogP contribution in [0.5, 0.6) is 11.8 Å². The van der Waals surface area contributed by atoms with Gasteiger partial charge in [-0.3, -0.25) is 14.7 Å². The highest BCUT2D eigenvalue weighted by molar-refractivity contribution is 6.03. The summed E-state index contributed by atoms with van der Waals surface area (Å²) in [4.78, 5) is 30.2. The van der Waals surface area contributed by atoms with Crippen molar-refractivity contribution in [2.24, 2.45) is 5.92 Å². The van der Waals surface area contributed by atoms with Crippen LogP contribution in [-0.4, -0.2) is 99.0 Å². The Morgan fingerprint density at radius 3 is 2.71 bits per heavy atom. The van der Waals surface area contributed by atoms with E-state index in [1.165, 1.54) is 36.5 Å². The summed E-state index contributed by atoms with van der Waals surface area (Å²) >= 11 is 0. The van der Waals surface area contributed by atoms with Gasteiger partial charge in [0.1, 0.15) is 41.4 Å². The molecule has 4 heterocycles. The fourth-order valence-corrected chi connectivity index (χ4v) is 8.93. The summed E-state index contributed by atoms with van der Waals surface area (Å²) in [6.45, 7) is 6.66. The van der Waals surface area contributed by atoms with Gasteiger partial charge in [-0.15, -0.1) is 6.42 Å². The maximum Gasteiger partial charge on any atom is 0.319 e. The number of aromatic nitrogens is 3. The monoisotopic (exact) mass is 767 g/mol. The topological polar surface area (TPSA) is 137 Å². The molecule has 1 aliphatic carbocycles. The number of phenols is 1. The van der Waals surface area contributed by atoms with Gasteiger partial charge in [-0.25, -0.2) is 13.2 Å². The minimum Gasteiger partial charge on any atom is -0.508 e. The second-order valence-electron chi connectivity index (χ2n) is 15.1. The number of benzene rings is 2. The standard InChI is InChI=1S/C42H44F3N7O4/c1-5-30-33(44)10-9-26-17-29(53)18-31(35(26)30)37-36(45)38-32(21-47-37)39(48-23-41(13-7-8-14-41)51(4)34(54)6-2)50-40(49-38)56-24-42(25(3)20-46)19-27(43)22-52(42)28-11-15-55-16-12-28/h1,6,9-10,17-18,21,25,27-28,53H,2,7-8,11-16,19,22-24H2,3-4H3,(H,48,49,50)/t25-,27-,42+/m1/s1. The smallest absolute Gasteiger partial charge is 0.319 e. The number of fused-ring (bicyclic) bond motifs is 2. The molecule has 2 aromatic heterocycles. The van der Waals surface area contributed by atoms with Gasteiger partial charge in [0, 0.05) is 63.0 Å². The van der Waals surface area contributed by atoms with Crippen LogP contribution >= 0.6 is 0 Å². The van der Waals surface area contributed by atoms with E-state index in [1.807, 2.05) is 4.90 Å². The molecule has 0 spiro atoms. The summed E-state index contributed by atoms with van der Waals surface area (Å²) < 4.78 is 59.4. The number of pyridine rings is 1. The van der Waals surface area contributed by atoms with Gasteiger partial charge in [-0.05, 0) is 62.3 Å². The van der Waals surface area contributed by atoms with Crippen LogP contribution in [0, 0.1) is 41.2 Å². The number of nitriles is 1. The Morgan fingerprint density at radius 2 is 2.02 bits per heavy atom. The highest BCUT2D eigenvalue weighted by atomic mass is 19.1. The van der Waals surface area contributed by atoms with Gasteiger partial charge >= 0.3 is 6.01 Å². The van der Waals surface area contributed by atoms with Crippen molar-refractivity contribution in [1.82, 2.24) is 24.8 Å². The van der Waals surface area contributed by atoms with Crippen molar-refractivity contribution in [1.29, 1.82) is 5.26 Å². The quantitative estimate of drug-likeness (QED) is 0.126. The highest BCUT2D eigenvalue weighted by Gasteiger charge is 2.53. The van der Waals surface area contributed by atoms with Gasteiger partial charge in [0.25, 0.3) is 0 Å². The average Bonchev–Trinajstić information content (AvgIpc) is 3.84. The number of halogens is 3. The third kappa shape index (κ3) is 6.86. The predicted octanol–water partition coefficient (Wildman–Crippen LogP) is 6.68. The number of phenolic OH excluding ortho intramolecular Hbond substituents is 1. The number of alkyl halides is 1. The van der Waals surface area contributed by atoms with E-state index < -0.39 is 34.8 Å². The van der Waals surface area contributed by atoms with Crippen molar-refractivity contribution in [3.63, 3.8) is 0 Å². The molecular formula is C42H44F3N7O4. The lowest BCUT2D eigenvalue weighted by atomic mass is 9.82. The molecule has 0 bridgehead atoms. The van der Waals surface area contributed by atoms with Crippen molar-refractivity contribution in [3.8, 4) is 41.4 Å². The molecule has 11 nitrogen and oxygen atoms in total. The van der Waals surface area contributed by atoms with Crippen molar-refractivity contribution in [3.05, 3.63) is 60.3 Å². The maximum atomic E-state index is 17.1. The number of nitrogens with one attached hydrogen (secondary N) is 1. The van der Waals surface area contributed by atoms with E-state index in [0.717, 1.165) is 12.8 Å². The third-order valence-corrected chi connectivity index (χ3v) is 12.1. The number of amides is 1. The first-order chi connectivity index (χ1) is 26.9. The fourth-order valence-electron chi connectivity index (χ4n) is 8.93. The lowest BCUT2D eigenvalue weighted by Crippen LogP contribution is -2.57. The number of rotatable bonds is 11. The maximum absolute atomic E-state index is 17.1. The highest BCUT2D eigenvalue weighted by Crippen LogP contribution is 2.43. The molecule has 3 atom stereocenters. The second kappa shape index (κ2) is 15.6. The van der Waals surface area contributed by atoms with Gasteiger partial charge in [0.05, 0.1) is 34.0 Å². The molecule has 2 saturated heterocycles. The Labute approximate surface area is 323 Å². The minimum absolute atomic E-state index is 0.0301.